The number of piperazine rings is 1. The molecule has 8 heteroatoms. The third kappa shape index (κ3) is 3.76. The van der Waals surface area contributed by atoms with Crippen LogP contribution in [0.25, 0.3) is 0 Å². The summed E-state index contributed by atoms with van der Waals surface area (Å²) in [6, 6.07) is 2.04. The smallest absolute Gasteiger partial charge is 0.257 e. The third-order valence-corrected chi connectivity index (χ3v) is 3.72. The Morgan fingerprint density at radius 2 is 1.67 bits per heavy atom. The maximum absolute atomic E-state index is 12.6. The number of carbonyl (C=O) groups is 1. The molecule has 0 spiro atoms. The van der Waals surface area contributed by atoms with Crippen LogP contribution in [0.3, 0.4) is 0 Å². The molecule has 1 N–H and O–H groups in total. The number of aromatic nitrogens is 4. The highest BCUT2D eigenvalue weighted by Crippen LogP contribution is 2.12. The molecule has 3 rings (SSSR count). The molecule has 0 unspecified atom stereocenters. The second-order valence-corrected chi connectivity index (χ2v) is 5.92. The van der Waals surface area contributed by atoms with Gasteiger partial charge in [-0.15, -0.1) is 0 Å². The zero-order valence-corrected chi connectivity index (χ0v) is 13.9. The van der Waals surface area contributed by atoms with Crippen LogP contribution in [0.4, 0.5) is 11.9 Å². The van der Waals surface area contributed by atoms with Crippen LogP contribution in [0.15, 0.2) is 30.9 Å². The van der Waals surface area contributed by atoms with Crippen LogP contribution in [0.1, 0.15) is 24.2 Å². The van der Waals surface area contributed by atoms with Crippen LogP contribution in [-0.2, 0) is 0 Å². The number of rotatable bonds is 4. The summed E-state index contributed by atoms with van der Waals surface area (Å²) in [7, 11) is 0. The summed E-state index contributed by atoms with van der Waals surface area (Å²) < 4.78 is 0. The SMILES string of the molecule is CC(C)Nc1ncc(C(=O)N2CCN(c3ncccn3)CC2)cn1. The van der Waals surface area contributed by atoms with Gasteiger partial charge in [-0.3, -0.25) is 4.79 Å². The van der Waals surface area contributed by atoms with Gasteiger partial charge < -0.3 is 15.1 Å². The first-order valence-corrected chi connectivity index (χ1v) is 8.03. The van der Waals surface area contributed by atoms with Crippen LogP contribution in [-0.4, -0.2) is 63.0 Å². The molecule has 0 atom stereocenters. The number of amides is 1. The molecule has 8 nitrogen and oxygen atoms in total. The quantitative estimate of drug-likeness (QED) is 0.898. The maximum Gasteiger partial charge on any atom is 0.257 e. The van der Waals surface area contributed by atoms with E-state index in [1.54, 1.807) is 30.9 Å². The highest BCUT2D eigenvalue weighted by molar-refractivity contribution is 5.93. The molecule has 0 radical (unpaired) electrons. The summed E-state index contributed by atoms with van der Waals surface area (Å²) in [6.45, 7) is 6.70. The molecule has 126 valence electrons. The fourth-order valence-corrected chi connectivity index (χ4v) is 2.52. The van der Waals surface area contributed by atoms with E-state index in [2.05, 4.69) is 30.2 Å². The summed E-state index contributed by atoms with van der Waals surface area (Å²) in [4.78, 5) is 33.3. The van der Waals surface area contributed by atoms with Crippen molar-refractivity contribution in [2.24, 2.45) is 0 Å². The first kappa shape index (κ1) is 16.1. The molecule has 1 fully saturated rings. The monoisotopic (exact) mass is 327 g/mol. The maximum atomic E-state index is 12.6. The predicted molar refractivity (Wildman–Crippen MR) is 90.9 cm³/mol. The fourth-order valence-electron chi connectivity index (χ4n) is 2.52. The van der Waals surface area contributed by atoms with Gasteiger partial charge in [-0.25, -0.2) is 19.9 Å². The van der Waals surface area contributed by atoms with Crippen molar-refractivity contribution in [3.05, 3.63) is 36.4 Å². The molecule has 1 aliphatic rings. The molecule has 2 aromatic heterocycles. The average molecular weight is 327 g/mol. The zero-order valence-electron chi connectivity index (χ0n) is 13.9. The van der Waals surface area contributed by atoms with E-state index in [4.69, 9.17) is 0 Å². The van der Waals surface area contributed by atoms with Gasteiger partial charge in [-0.05, 0) is 19.9 Å². The Labute approximate surface area is 141 Å². The lowest BCUT2D eigenvalue weighted by Gasteiger charge is -2.34. The van der Waals surface area contributed by atoms with Crippen LogP contribution >= 0.6 is 0 Å². The van der Waals surface area contributed by atoms with Gasteiger partial charge in [-0.2, -0.15) is 0 Å². The lowest BCUT2D eigenvalue weighted by molar-refractivity contribution is 0.0745. The van der Waals surface area contributed by atoms with Gasteiger partial charge >= 0.3 is 0 Å². The average Bonchev–Trinajstić information content (AvgIpc) is 2.62. The molecule has 1 aliphatic heterocycles. The molecule has 2 aromatic rings. The molecule has 1 saturated heterocycles. The second-order valence-electron chi connectivity index (χ2n) is 5.92. The minimum atomic E-state index is -0.0419. The standard InChI is InChI=1S/C16H21N7O/c1-12(2)21-15-19-10-13(11-20-15)14(24)22-6-8-23(9-7-22)16-17-4-3-5-18-16/h3-5,10-12H,6-9H2,1-2H3,(H,19,20,21). The number of hydrogen-bond donors (Lipinski definition) is 1. The minimum Gasteiger partial charge on any atom is -0.352 e. The molecular formula is C16H21N7O. The van der Waals surface area contributed by atoms with Crippen molar-refractivity contribution in [1.82, 2.24) is 24.8 Å². The van der Waals surface area contributed by atoms with Crippen LogP contribution in [0.2, 0.25) is 0 Å². The van der Waals surface area contributed by atoms with Crippen molar-refractivity contribution in [2.45, 2.75) is 19.9 Å². The van der Waals surface area contributed by atoms with E-state index < -0.39 is 0 Å². The topological polar surface area (TPSA) is 87.1 Å². The van der Waals surface area contributed by atoms with Crippen molar-refractivity contribution in [2.75, 3.05) is 36.4 Å². The van der Waals surface area contributed by atoms with Gasteiger partial charge in [-0.1, -0.05) is 0 Å². The summed E-state index contributed by atoms with van der Waals surface area (Å²) in [6.07, 6.45) is 6.60. The highest BCUT2D eigenvalue weighted by atomic mass is 16.2. The van der Waals surface area contributed by atoms with Gasteiger partial charge in [0.1, 0.15) is 0 Å². The van der Waals surface area contributed by atoms with Gasteiger partial charge in [0.05, 0.1) is 5.56 Å². The van der Waals surface area contributed by atoms with Gasteiger partial charge in [0.25, 0.3) is 5.91 Å². The number of nitrogens with zero attached hydrogens (tertiary/aromatic N) is 6. The third-order valence-electron chi connectivity index (χ3n) is 3.72. The zero-order chi connectivity index (χ0) is 16.9. The van der Waals surface area contributed by atoms with Crippen molar-refractivity contribution in [3.63, 3.8) is 0 Å². The van der Waals surface area contributed by atoms with Gasteiger partial charge in [0, 0.05) is 57.0 Å². The first-order valence-electron chi connectivity index (χ1n) is 8.03. The van der Waals surface area contributed by atoms with Crippen molar-refractivity contribution < 1.29 is 4.79 Å². The Morgan fingerprint density at radius 3 is 2.25 bits per heavy atom. The normalized spacial score (nSPS) is 14.8. The molecule has 3 heterocycles. The fraction of sp³-hybridized carbons (Fsp3) is 0.438. The summed E-state index contributed by atoms with van der Waals surface area (Å²) in [5.74, 6) is 1.20. The Hall–Kier alpha value is -2.77. The Balaban J connectivity index is 1.59. The Morgan fingerprint density at radius 1 is 1.04 bits per heavy atom. The summed E-state index contributed by atoms with van der Waals surface area (Å²) in [5, 5.41) is 3.11. The molecule has 0 aromatic carbocycles. The van der Waals surface area contributed by atoms with E-state index in [-0.39, 0.29) is 11.9 Å². The van der Waals surface area contributed by atoms with Crippen LogP contribution in [0.5, 0.6) is 0 Å². The summed E-state index contributed by atoms with van der Waals surface area (Å²) in [5.41, 5.74) is 0.508. The van der Waals surface area contributed by atoms with Gasteiger partial charge in [0.2, 0.25) is 11.9 Å². The van der Waals surface area contributed by atoms with Crippen molar-refractivity contribution in [1.29, 1.82) is 0 Å². The molecule has 0 saturated carbocycles. The molecular weight excluding hydrogens is 306 g/mol. The molecule has 24 heavy (non-hydrogen) atoms. The van der Waals surface area contributed by atoms with E-state index in [1.807, 2.05) is 18.7 Å². The summed E-state index contributed by atoms with van der Waals surface area (Å²) >= 11 is 0. The van der Waals surface area contributed by atoms with E-state index in [0.29, 0.717) is 43.6 Å². The van der Waals surface area contributed by atoms with Gasteiger partial charge in [0.15, 0.2) is 0 Å². The molecule has 0 bridgehead atoms. The second kappa shape index (κ2) is 7.20. The largest absolute Gasteiger partial charge is 0.352 e. The molecule has 0 aliphatic carbocycles. The van der Waals surface area contributed by atoms with Crippen molar-refractivity contribution >= 4 is 17.8 Å². The Bertz CT molecular complexity index is 667. The van der Waals surface area contributed by atoms with E-state index >= 15 is 0 Å². The van der Waals surface area contributed by atoms with Crippen molar-refractivity contribution in [3.8, 4) is 0 Å². The minimum absolute atomic E-state index is 0.0419. The Kier molecular flexibility index (Phi) is 4.83. The number of anilines is 2. The van der Waals surface area contributed by atoms with Crippen LogP contribution in [0, 0.1) is 0 Å². The number of hydrogen-bond acceptors (Lipinski definition) is 7. The number of nitrogens with one attached hydrogen (secondary N) is 1. The van der Waals surface area contributed by atoms with E-state index in [1.165, 1.54) is 0 Å². The van der Waals surface area contributed by atoms with E-state index in [9.17, 15) is 4.79 Å². The molecule has 1 amide bonds. The predicted octanol–water partition coefficient (Wildman–Crippen LogP) is 1.05. The lowest BCUT2D eigenvalue weighted by Crippen LogP contribution is -2.49. The first-order chi connectivity index (χ1) is 11.6. The lowest BCUT2D eigenvalue weighted by atomic mass is 10.2. The number of carbonyl (C=O) groups excluding carboxylic acids is 1. The highest BCUT2D eigenvalue weighted by Gasteiger charge is 2.23. The van der Waals surface area contributed by atoms with E-state index in [0.717, 1.165) is 0 Å². The van der Waals surface area contributed by atoms with Crippen LogP contribution < -0.4 is 10.2 Å².